The molecule has 2 saturated carbocycles. The molecule has 1 N–H and O–H groups in total. The van der Waals surface area contributed by atoms with Crippen LogP contribution in [-0.2, 0) is 4.79 Å². The highest BCUT2D eigenvalue weighted by Crippen LogP contribution is 2.54. The van der Waals surface area contributed by atoms with Gasteiger partial charge in [-0.25, -0.2) is 0 Å². The van der Waals surface area contributed by atoms with E-state index in [2.05, 4.69) is 34.7 Å². The van der Waals surface area contributed by atoms with Crippen LogP contribution in [0.2, 0.25) is 0 Å². The van der Waals surface area contributed by atoms with Gasteiger partial charge in [0, 0.05) is 11.4 Å². The number of carbonyl (C=O) groups excluding carboxylic acids is 1. The number of nitrogens with zero attached hydrogens (tertiary/aromatic N) is 1. The first kappa shape index (κ1) is 12.8. The molecule has 0 bridgehead atoms. The fourth-order valence-electron chi connectivity index (χ4n) is 3.67. The highest BCUT2D eigenvalue weighted by molar-refractivity contribution is 7.10. The van der Waals surface area contributed by atoms with Crippen molar-refractivity contribution in [3.8, 4) is 0 Å². The molecule has 2 aliphatic carbocycles. The molecule has 3 nitrogen and oxygen atoms in total. The lowest BCUT2D eigenvalue weighted by molar-refractivity contribution is -0.131. The van der Waals surface area contributed by atoms with Crippen LogP contribution in [0.5, 0.6) is 0 Å². The van der Waals surface area contributed by atoms with Crippen molar-refractivity contribution in [2.75, 3.05) is 6.54 Å². The van der Waals surface area contributed by atoms with Crippen molar-refractivity contribution >= 4 is 17.2 Å². The Labute approximate surface area is 124 Å². The lowest BCUT2D eigenvalue weighted by atomic mass is 9.99. The average Bonchev–Trinajstić information content (AvgIpc) is 3.30. The maximum Gasteiger partial charge on any atom is 0.244 e. The number of rotatable bonds is 5. The Morgan fingerprint density at radius 2 is 2.20 bits per heavy atom. The molecule has 0 aromatic carbocycles. The smallest absolute Gasteiger partial charge is 0.244 e. The van der Waals surface area contributed by atoms with Crippen molar-refractivity contribution < 1.29 is 4.79 Å². The number of thiophene rings is 1. The van der Waals surface area contributed by atoms with Gasteiger partial charge < -0.3 is 4.90 Å². The summed E-state index contributed by atoms with van der Waals surface area (Å²) in [6.07, 6.45) is 7.25. The van der Waals surface area contributed by atoms with Gasteiger partial charge in [0.05, 0.1) is 0 Å². The molecule has 1 aromatic heterocycles. The van der Waals surface area contributed by atoms with Crippen LogP contribution >= 0.6 is 11.3 Å². The number of amides is 1. The van der Waals surface area contributed by atoms with Crippen LogP contribution in [0, 0.1) is 5.41 Å². The standard InChI is InChI=1S/C16H22N2OS/c1-2-5-15(6-7-15)11-18-13(12-4-3-10-20-12)17-16(8-9-16)14(18)19/h3-4,10,13,17H,2,5-9,11H2,1H3. The molecule has 1 aromatic rings. The second-order valence-electron chi connectivity index (χ2n) is 6.83. The molecular weight excluding hydrogens is 268 g/mol. The third-order valence-corrected chi connectivity index (χ3v) is 6.13. The summed E-state index contributed by atoms with van der Waals surface area (Å²) in [6, 6.07) is 4.24. The zero-order valence-electron chi connectivity index (χ0n) is 12.0. The summed E-state index contributed by atoms with van der Waals surface area (Å²) in [5.41, 5.74) is 0.235. The lowest BCUT2D eigenvalue weighted by Crippen LogP contribution is -2.36. The molecule has 1 saturated heterocycles. The van der Waals surface area contributed by atoms with Gasteiger partial charge in [-0.1, -0.05) is 19.4 Å². The Morgan fingerprint density at radius 3 is 2.75 bits per heavy atom. The van der Waals surface area contributed by atoms with Crippen LogP contribution in [0.15, 0.2) is 17.5 Å². The molecule has 1 atom stereocenters. The van der Waals surface area contributed by atoms with Gasteiger partial charge in [-0.05, 0) is 49.0 Å². The van der Waals surface area contributed by atoms with Crippen molar-refractivity contribution in [3.63, 3.8) is 0 Å². The summed E-state index contributed by atoms with van der Waals surface area (Å²) in [4.78, 5) is 16.2. The molecule has 4 rings (SSSR count). The predicted molar refractivity (Wildman–Crippen MR) is 80.4 cm³/mol. The Balaban J connectivity index is 1.59. The van der Waals surface area contributed by atoms with Crippen LogP contribution in [0.25, 0.3) is 0 Å². The van der Waals surface area contributed by atoms with Crippen molar-refractivity contribution in [3.05, 3.63) is 22.4 Å². The van der Waals surface area contributed by atoms with Crippen LogP contribution in [0.4, 0.5) is 0 Å². The highest BCUT2D eigenvalue weighted by Gasteiger charge is 2.61. The first-order chi connectivity index (χ1) is 9.68. The minimum absolute atomic E-state index is 0.124. The molecule has 4 heteroatoms. The number of carbonyl (C=O) groups is 1. The number of nitrogens with one attached hydrogen (secondary N) is 1. The molecule has 1 unspecified atom stereocenters. The second kappa shape index (κ2) is 4.31. The number of hydrogen-bond acceptors (Lipinski definition) is 3. The summed E-state index contributed by atoms with van der Waals surface area (Å²) >= 11 is 1.76. The summed E-state index contributed by atoms with van der Waals surface area (Å²) < 4.78 is 0. The Hall–Kier alpha value is -0.870. The van der Waals surface area contributed by atoms with Gasteiger partial charge in [-0.3, -0.25) is 10.1 Å². The Bertz CT molecular complexity index is 517. The van der Waals surface area contributed by atoms with Gasteiger partial charge in [0.1, 0.15) is 11.7 Å². The van der Waals surface area contributed by atoms with E-state index in [0.717, 1.165) is 19.4 Å². The average molecular weight is 290 g/mol. The van der Waals surface area contributed by atoms with Gasteiger partial charge in [-0.2, -0.15) is 0 Å². The molecule has 20 heavy (non-hydrogen) atoms. The summed E-state index contributed by atoms with van der Waals surface area (Å²) in [7, 11) is 0. The molecule has 1 aliphatic heterocycles. The molecule has 1 amide bonds. The minimum atomic E-state index is -0.197. The Morgan fingerprint density at radius 1 is 1.40 bits per heavy atom. The monoisotopic (exact) mass is 290 g/mol. The molecule has 2 heterocycles. The minimum Gasteiger partial charge on any atom is -0.320 e. The first-order valence-electron chi connectivity index (χ1n) is 7.80. The highest BCUT2D eigenvalue weighted by atomic mass is 32.1. The topological polar surface area (TPSA) is 32.3 Å². The zero-order chi connectivity index (χ0) is 13.8. The van der Waals surface area contributed by atoms with E-state index in [9.17, 15) is 4.79 Å². The van der Waals surface area contributed by atoms with Gasteiger partial charge in [-0.15, -0.1) is 11.3 Å². The van der Waals surface area contributed by atoms with E-state index >= 15 is 0 Å². The van der Waals surface area contributed by atoms with E-state index in [0.29, 0.717) is 11.3 Å². The summed E-state index contributed by atoms with van der Waals surface area (Å²) in [5, 5.41) is 5.73. The first-order valence-corrected chi connectivity index (χ1v) is 8.68. The van der Waals surface area contributed by atoms with Gasteiger partial charge in [0.2, 0.25) is 5.91 Å². The van der Waals surface area contributed by atoms with Crippen LogP contribution in [-0.4, -0.2) is 22.9 Å². The molecule has 1 spiro atoms. The van der Waals surface area contributed by atoms with Crippen LogP contribution in [0.3, 0.4) is 0 Å². The predicted octanol–water partition coefficient (Wildman–Crippen LogP) is 3.29. The summed E-state index contributed by atoms with van der Waals surface area (Å²) in [6.45, 7) is 3.21. The molecule has 0 radical (unpaired) electrons. The van der Waals surface area contributed by atoms with Crippen molar-refractivity contribution in [2.24, 2.45) is 5.41 Å². The van der Waals surface area contributed by atoms with Crippen LogP contribution < -0.4 is 5.32 Å². The fourth-order valence-corrected chi connectivity index (χ4v) is 4.45. The van der Waals surface area contributed by atoms with E-state index in [1.807, 2.05) is 0 Å². The SMILES string of the molecule is CCCC1(CN2C(=O)C3(CC3)NC2c2cccs2)CC1. The summed E-state index contributed by atoms with van der Waals surface area (Å²) in [5.74, 6) is 0.360. The van der Waals surface area contributed by atoms with Crippen molar-refractivity contribution in [1.29, 1.82) is 0 Å². The quantitative estimate of drug-likeness (QED) is 0.902. The lowest BCUT2D eigenvalue weighted by Gasteiger charge is -2.28. The maximum atomic E-state index is 12.8. The normalized spacial score (nSPS) is 29.1. The van der Waals surface area contributed by atoms with E-state index in [1.165, 1.54) is 30.6 Å². The van der Waals surface area contributed by atoms with Gasteiger partial charge in [0.25, 0.3) is 0 Å². The third kappa shape index (κ3) is 1.92. The van der Waals surface area contributed by atoms with E-state index in [4.69, 9.17) is 0 Å². The third-order valence-electron chi connectivity index (χ3n) is 5.20. The van der Waals surface area contributed by atoms with E-state index in [-0.39, 0.29) is 11.7 Å². The molecular formula is C16H22N2OS. The second-order valence-corrected chi connectivity index (χ2v) is 7.81. The largest absolute Gasteiger partial charge is 0.320 e. The Kier molecular flexibility index (Phi) is 2.77. The van der Waals surface area contributed by atoms with Crippen molar-refractivity contribution in [2.45, 2.75) is 57.2 Å². The maximum absolute atomic E-state index is 12.8. The fraction of sp³-hybridized carbons (Fsp3) is 0.688. The molecule has 108 valence electrons. The van der Waals surface area contributed by atoms with Crippen molar-refractivity contribution in [1.82, 2.24) is 10.2 Å². The van der Waals surface area contributed by atoms with E-state index < -0.39 is 0 Å². The van der Waals surface area contributed by atoms with Crippen LogP contribution in [0.1, 0.15) is 56.5 Å². The van der Waals surface area contributed by atoms with Gasteiger partial charge in [0.15, 0.2) is 0 Å². The zero-order valence-corrected chi connectivity index (χ0v) is 12.8. The van der Waals surface area contributed by atoms with Gasteiger partial charge >= 0.3 is 0 Å². The van der Waals surface area contributed by atoms with E-state index in [1.54, 1.807) is 11.3 Å². The molecule has 3 aliphatic rings. The number of hydrogen-bond donors (Lipinski definition) is 1. The molecule has 3 fully saturated rings.